The Hall–Kier alpha value is -2.89. The maximum Gasteiger partial charge on any atom is 0.261 e. The molecule has 152 valence electrons. The van der Waals surface area contributed by atoms with Gasteiger partial charge in [0.25, 0.3) is 5.91 Å². The van der Waals surface area contributed by atoms with Gasteiger partial charge in [-0.15, -0.1) is 0 Å². The fourth-order valence-corrected chi connectivity index (χ4v) is 2.62. The molecule has 0 aliphatic carbocycles. The van der Waals surface area contributed by atoms with E-state index in [1.807, 2.05) is 39.0 Å². The number of carbonyl (C=O) groups excluding carboxylic acids is 1. The number of ether oxygens (including phenoxy) is 4. The molecule has 28 heavy (non-hydrogen) atoms. The van der Waals surface area contributed by atoms with E-state index in [4.69, 9.17) is 18.9 Å². The molecule has 0 saturated heterocycles. The molecule has 0 saturated carbocycles. The second-order valence-electron chi connectivity index (χ2n) is 6.56. The van der Waals surface area contributed by atoms with Gasteiger partial charge in [-0.1, -0.05) is 13.0 Å². The van der Waals surface area contributed by atoms with E-state index in [1.54, 1.807) is 38.5 Å². The molecule has 0 radical (unpaired) electrons. The highest BCUT2D eigenvalue weighted by atomic mass is 16.5. The summed E-state index contributed by atoms with van der Waals surface area (Å²) in [4.78, 5) is 12.5. The summed E-state index contributed by atoms with van der Waals surface area (Å²) in [6.07, 6.45) is 0.0428. The maximum absolute atomic E-state index is 12.5. The van der Waals surface area contributed by atoms with Crippen LogP contribution in [0, 0.1) is 0 Å². The predicted octanol–water partition coefficient (Wildman–Crippen LogP) is 3.96. The van der Waals surface area contributed by atoms with Gasteiger partial charge in [-0.25, -0.2) is 0 Å². The van der Waals surface area contributed by atoms with Crippen LogP contribution in [0.3, 0.4) is 0 Å². The van der Waals surface area contributed by atoms with E-state index in [9.17, 15) is 4.79 Å². The quantitative estimate of drug-likeness (QED) is 0.668. The largest absolute Gasteiger partial charge is 0.497 e. The molecule has 2 aromatic carbocycles. The molecule has 0 aromatic heterocycles. The second kappa shape index (κ2) is 10.4. The van der Waals surface area contributed by atoms with Crippen molar-refractivity contribution in [2.24, 2.45) is 0 Å². The van der Waals surface area contributed by atoms with E-state index >= 15 is 0 Å². The topological polar surface area (TPSA) is 66.0 Å². The molecule has 2 rings (SSSR count). The lowest BCUT2D eigenvalue weighted by Crippen LogP contribution is -2.37. The third kappa shape index (κ3) is 6.08. The first-order valence-corrected chi connectivity index (χ1v) is 9.38. The van der Waals surface area contributed by atoms with Crippen molar-refractivity contribution in [3.63, 3.8) is 0 Å². The third-order valence-electron chi connectivity index (χ3n) is 4.06. The highest BCUT2D eigenvalue weighted by molar-refractivity contribution is 5.81. The molecule has 1 amide bonds. The number of methoxy groups -OCH3 is 2. The summed E-state index contributed by atoms with van der Waals surface area (Å²) in [6, 6.07) is 12.8. The molecule has 0 aliphatic rings. The van der Waals surface area contributed by atoms with Crippen LogP contribution >= 0.6 is 0 Å². The Labute approximate surface area is 166 Å². The van der Waals surface area contributed by atoms with E-state index in [1.165, 1.54) is 0 Å². The third-order valence-corrected chi connectivity index (χ3v) is 4.06. The van der Waals surface area contributed by atoms with Crippen LogP contribution < -0.4 is 24.3 Å². The van der Waals surface area contributed by atoms with Crippen LogP contribution in [0.25, 0.3) is 0 Å². The normalized spacial score (nSPS) is 11.6. The van der Waals surface area contributed by atoms with E-state index in [0.717, 1.165) is 11.3 Å². The van der Waals surface area contributed by atoms with Gasteiger partial charge < -0.3 is 24.3 Å². The molecule has 0 aliphatic heterocycles. The van der Waals surface area contributed by atoms with Crippen LogP contribution in [0.2, 0.25) is 0 Å². The van der Waals surface area contributed by atoms with E-state index in [-0.39, 0.29) is 12.0 Å². The first-order valence-electron chi connectivity index (χ1n) is 9.38. The number of hydrogen-bond donors (Lipinski definition) is 1. The molecule has 1 atom stereocenters. The zero-order valence-corrected chi connectivity index (χ0v) is 17.2. The predicted molar refractivity (Wildman–Crippen MR) is 108 cm³/mol. The number of hydrogen-bond acceptors (Lipinski definition) is 5. The molecule has 0 bridgehead atoms. The summed E-state index contributed by atoms with van der Waals surface area (Å²) in [7, 11) is 3.20. The van der Waals surface area contributed by atoms with Crippen molar-refractivity contribution in [3.05, 3.63) is 48.0 Å². The highest BCUT2D eigenvalue weighted by Gasteiger charge is 2.18. The van der Waals surface area contributed by atoms with Gasteiger partial charge in [-0.2, -0.15) is 0 Å². The van der Waals surface area contributed by atoms with Crippen LogP contribution in [0.15, 0.2) is 42.5 Å². The first kappa shape index (κ1) is 21.4. The molecular weight excluding hydrogens is 358 g/mol. The van der Waals surface area contributed by atoms with Gasteiger partial charge in [-0.3, -0.25) is 4.79 Å². The van der Waals surface area contributed by atoms with Crippen LogP contribution in [0.5, 0.6) is 23.0 Å². The molecular formula is C22H29NO5. The average Bonchev–Trinajstić information content (AvgIpc) is 2.71. The number of nitrogens with one attached hydrogen (secondary N) is 1. The Balaban J connectivity index is 1.96. The molecule has 0 unspecified atom stereocenters. The van der Waals surface area contributed by atoms with Crippen molar-refractivity contribution in [2.45, 2.75) is 45.9 Å². The van der Waals surface area contributed by atoms with E-state index < -0.39 is 6.10 Å². The second-order valence-corrected chi connectivity index (χ2v) is 6.56. The Kier molecular flexibility index (Phi) is 7.99. The minimum Gasteiger partial charge on any atom is -0.497 e. The Bertz CT molecular complexity index is 758. The molecule has 0 heterocycles. The number of benzene rings is 2. The van der Waals surface area contributed by atoms with Gasteiger partial charge in [0, 0.05) is 6.54 Å². The fraction of sp³-hybridized carbons (Fsp3) is 0.409. The van der Waals surface area contributed by atoms with Crippen molar-refractivity contribution in [3.8, 4) is 23.0 Å². The summed E-state index contributed by atoms with van der Waals surface area (Å²) >= 11 is 0. The van der Waals surface area contributed by atoms with Crippen LogP contribution in [0.1, 0.15) is 32.8 Å². The lowest BCUT2D eigenvalue weighted by Gasteiger charge is -2.18. The number of amides is 1. The van der Waals surface area contributed by atoms with Crippen molar-refractivity contribution in [2.75, 3.05) is 14.2 Å². The van der Waals surface area contributed by atoms with Crippen LogP contribution in [0.4, 0.5) is 0 Å². The van der Waals surface area contributed by atoms with Gasteiger partial charge >= 0.3 is 0 Å². The zero-order valence-electron chi connectivity index (χ0n) is 17.2. The smallest absolute Gasteiger partial charge is 0.261 e. The first-order chi connectivity index (χ1) is 13.5. The monoisotopic (exact) mass is 387 g/mol. The van der Waals surface area contributed by atoms with Crippen molar-refractivity contribution in [1.29, 1.82) is 0 Å². The van der Waals surface area contributed by atoms with Gasteiger partial charge in [0.15, 0.2) is 17.6 Å². The Morgan fingerprint density at radius 2 is 1.61 bits per heavy atom. The van der Waals surface area contributed by atoms with Gasteiger partial charge in [0.05, 0.1) is 20.3 Å². The summed E-state index contributed by atoms with van der Waals surface area (Å²) in [6.45, 7) is 6.21. The summed E-state index contributed by atoms with van der Waals surface area (Å²) < 4.78 is 22.0. The van der Waals surface area contributed by atoms with Crippen molar-refractivity contribution >= 4 is 5.91 Å². The summed E-state index contributed by atoms with van der Waals surface area (Å²) in [5.74, 6) is 2.52. The average molecular weight is 387 g/mol. The van der Waals surface area contributed by atoms with Crippen molar-refractivity contribution in [1.82, 2.24) is 5.32 Å². The Morgan fingerprint density at radius 3 is 2.18 bits per heavy atom. The minimum atomic E-state index is -0.571. The standard InChI is InChI=1S/C22H29NO5/c1-6-19(28-18-10-8-17(25-4)9-11-18)22(24)23-14-16-7-12-20(27-15(2)3)21(13-16)26-5/h7-13,15,19H,6,14H2,1-5H3,(H,23,24)/t19-/m0/s1. The van der Waals surface area contributed by atoms with Gasteiger partial charge in [0.2, 0.25) is 0 Å². The minimum absolute atomic E-state index is 0.0554. The van der Waals surface area contributed by atoms with Crippen molar-refractivity contribution < 1.29 is 23.7 Å². The SMILES string of the molecule is CC[C@H](Oc1ccc(OC)cc1)C(=O)NCc1ccc(OC(C)C)c(OC)c1. The summed E-state index contributed by atoms with van der Waals surface area (Å²) in [5, 5.41) is 2.92. The fourth-order valence-electron chi connectivity index (χ4n) is 2.62. The number of carbonyl (C=O) groups is 1. The van der Waals surface area contributed by atoms with Crippen LogP contribution in [-0.2, 0) is 11.3 Å². The summed E-state index contributed by atoms with van der Waals surface area (Å²) in [5.41, 5.74) is 0.917. The molecule has 0 fully saturated rings. The van der Waals surface area contributed by atoms with Gasteiger partial charge in [-0.05, 0) is 62.2 Å². The maximum atomic E-state index is 12.5. The van der Waals surface area contributed by atoms with Crippen LogP contribution in [-0.4, -0.2) is 32.3 Å². The highest BCUT2D eigenvalue weighted by Crippen LogP contribution is 2.29. The molecule has 2 aromatic rings. The number of rotatable bonds is 10. The van der Waals surface area contributed by atoms with Gasteiger partial charge in [0.1, 0.15) is 11.5 Å². The molecule has 0 spiro atoms. The van der Waals surface area contributed by atoms with E-state index in [0.29, 0.717) is 30.2 Å². The molecule has 1 N–H and O–H groups in total. The van der Waals surface area contributed by atoms with E-state index in [2.05, 4.69) is 5.32 Å². The zero-order chi connectivity index (χ0) is 20.5. The molecule has 6 heteroatoms. The lowest BCUT2D eigenvalue weighted by molar-refractivity contribution is -0.128. The Morgan fingerprint density at radius 1 is 0.929 bits per heavy atom. The lowest BCUT2D eigenvalue weighted by atomic mass is 10.2. The molecule has 6 nitrogen and oxygen atoms in total.